The van der Waals surface area contributed by atoms with Crippen molar-refractivity contribution in [1.29, 1.82) is 0 Å². The van der Waals surface area contributed by atoms with Crippen molar-refractivity contribution in [1.82, 2.24) is 15.2 Å². The summed E-state index contributed by atoms with van der Waals surface area (Å²) in [5.41, 5.74) is 8.48. The van der Waals surface area contributed by atoms with Crippen LogP contribution in [0.4, 0.5) is 5.82 Å². The van der Waals surface area contributed by atoms with Crippen molar-refractivity contribution in [2.45, 2.75) is 20.0 Å². The Labute approximate surface area is 116 Å². The van der Waals surface area contributed by atoms with Gasteiger partial charge in [-0.1, -0.05) is 0 Å². The molecule has 5 nitrogen and oxygen atoms in total. The maximum Gasteiger partial charge on any atom is 0.123 e. The van der Waals surface area contributed by atoms with Crippen molar-refractivity contribution in [3.05, 3.63) is 36.5 Å². The van der Waals surface area contributed by atoms with Crippen LogP contribution < -0.4 is 10.5 Å². The lowest BCUT2D eigenvalue weighted by atomic mass is 10.1. The number of nitrogen functional groups attached to an aromatic ring is 1. The molecular weight excluding hydrogens is 252 g/mol. The molecular formula is C15H16N4O. The molecule has 0 atom stereocenters. The molecule has 0 spiro atoms. The third kappa shape index (κ3) is 2.30. The van der Waals surface area contributed by atoms with Crippen LogP contribution in [-0.4, -0.2) is 21.3 Å². The number of nitrogens with one attached hydrogen (secondary N) is 1. The second-order valence-electron chi connectivity index (χ2n) is 4.92. The maximum atomic E-state index is 5.73. The van der Waals surface area contributed by atoms with Gasteiger partial charge in [-0.3, -0.25) is 5.10 Å². The normalized spacial score (nSPS) is 11.2. The Morgan fingerprint density at radius 1 is 1.20 bits per heavy atom. The molecule has 3 aromatic rings. The summed E-state index contributed by atoms with van der Waals surface area (Å²) in [6, 6.07) is 9.59. The Bertz CT molecular complexity index is 748. The summed E-state index contributed by atoms with van der Waals surface area (Å²) in [4.78, 5) is 4.00. The van der Waals surface area contributed by atoms with Gasteiger partial charge in [-0.2, -0.15) is 5.10 Å². The SMILES string of the molecule is CC(C)Oc1ccc2[nH]nc(-c3ccnc(N)c3)c2c1. The van der Waals surface area contributed by atoms with E-state index in [0.29, 0.717) is 5.82 Å². The molecule has 3 N–H and O–H groups in total. The summed E-state index contributed by atoms with van der Waals surface area (Å²) in [6.07, 6.45) is 1.82. The molecule has 0 aliphatic heterocycles. The van der Waals surface area contributed by atoms with E-state index in [-0.39, 0.29) is 6.10 Å². The van der Waals surface area contributed by atoms with Gasteiger partial charge in [0.1, 0.15) is 17.3 Å². The highest BCUT2D eigenvalue weighted by Gasteiger charge is 2.10. The van der Waals surface area contributed by atoms with Gasteiger partial charge in [0.15, 0.2) is 0 Å². The number of fused-ring (bicyclic) bond motifs is 1. The van der Waals surface area contributed by atoms with E-state index in [0.717, 1.165) is 27.9 Å². The summed E-state index contributed by atoms with van der Waals surface area (Å²) >= 11 is 0. The molecule has 20 heavy (non-hydrogen) atoms. The van der Waals surface area contributed by atoms with E-state index in [1.165, 1.54) is 0 Å². The molecule has 0 saturated heterocycles. The number of nitrogens with two attached hydrogens (primary N) is 1. The minimum absolute atomic E-state index is 0.138. The number of benzene rings is 1. The molecule has 0 aliphatic carbocycles. The monoisotopic (exact) mass is 268 g/mol. The molecule has 5 heteroatoms. The van der Waals surface area contributed by atoms with Gasteiger partial charge in [0.05, 0.1) is 11.6 Å². The Balaban J connectivity index is 2.11. The van der Waals surface area contributed by atoms with Crippen LogP contribution in [0.3, 0.4) is 0 Å². The van der Waals surface area contributed by atoms with Crippen molar-refractivity contribution in [3.8, 4) is 17.0 Å². The zero-order chi connectivity index (χ0) is 14.1. The van der Waals surface area contributed by atoms with Gasteiger partial charge in [0, 0.05) is 17.1 Å². The van der Waals surface area contributed by atoms with Crippen molar-refractivity contribution in [3.63, 3.8) is 0 Å². The highest BCUT2D eigenvalue weighted by Crippen LogP contribution is 2.29. The molecule has 0 fully saturated rings. The molecule has 0 unspecified atom stereocenters. The summed E-state index contributed by atoms with van der Waals surface area (Å²) in [5.74, 6) is 1.31. The van der Waals surface area contributed by atoms with Crippen LogP contribution >= 0.6 is 0 Å². The van der Waals surface area contributed by atoms with Crippen molar-refractivity contribution >= 4 is 16.7 Å². The lowest BCUT2D eigenvalue weighted by Gasteiger charge is -2.09. The van der Waals surface area contributed by atoms with Crippen molar-refractivity contribution < 1.29 is 4.74 Å². The number of nitrogens with zero attached hydrogens (tertiary/aromatic N) is 2. The summed E-state index contributed by atoms with van der Waals surface area (Å²) in [5, 5.41) is 8.39. The third-order valence-electron chi connectivity index (χ3n) is 2.96. The van der Waals surface area contributed by atoms with Crippen LogP contribution in [0.1, 0.15) is 13.8 Å². The Hall–Kier alpha value is -2.56. The number of aromatic amines is 1. The summed E-state index contributed by atoms with van der Waals surface area (Å²) in [7, 11) is 0. The van der Waals surface area contributed by atoms with E-state index in [1.54, 1.807) is 6.20 Å². The molecule has 0 saturated carbocycles. The van der Waals surface area contributed by atoms with E-state index in [4.69, 9.17) is 10.5 Å². The van der Waals surface area contributed by atoms with Crippen LogP contribution in [0.5, 0.6) is 5.75 Å². The standard InChI is InChI=1S/C15H16N4O/c1-9(2)20-11-3-4-13-12(8-11)15(19-18-13)10-5-6-17-14(16)7-10/h3-9H,1-2H3,(H2,16,17)(H,18,19). The van der Waals surface area contributed by atoms with Crippen LogP contribution in [-0.2, 0) is 0 Å². The van der Waals surface area contributed by atoms with Gasteiger partial charge < -0.3 is 10.5 Å². The molecule has 102 valence electrons. The second kappa shape index (κ2) is 4.85. The first-order chi connectivity index (χ1) is 9.63. The number of ether oxygens (including phenoxy) is 1. The van der Waals surface area contributed by atoms with Gasteiger partial charge in [-0.15, -0.1) is 0 Å². The Kier molecular flexibility index (Phi) is 3.02. The number of anilines is 1. The Morgan fingerprint density at radius 3 is 2.80 bits per heavy atom. The summed E-state index contributed by atoms with van der Waals surface area (Å²) in [6.45, 7) is 4.01. The average molecular weight is 268 g/mol. The lowest BCUT2D eigenvalue weighted by Crippen LogP contribution is -2.05. The highest BCUT2D eigenvalue weighted by atomic mass is 16.5. The maximum absolute atomic E-state index is 5.73. The van der Waals surface area contributed by atoms with Crippen LogP contribution in [0.15, 0.2) is 36.5 Å². The first-order valence-corrected chi connectivity index (χ1v) is 6.50. The van der Waals surface area contributed by atoms with E-state index in [2.05, 4.69) is 15.2 Å². The molecule has 0 aliphatic rings. The molecule has 2 heterocycles. The third-order valence-corrected chi connectivity index (χ3v) is 2.96. The molecule has 1 aromatic carbocycles. The smallest absolute Gasteiger partial charge is 0.123 e. The Morgan fingerprint density at radius 2 is 2.05 bits per heavy atom. The van der Waals surface area contributed by atoms with E-state index >= 15 is 0 Å². The number of H-pyrrole nitrogens is 1. The predicted octanol–water partition coefficient (Wildman–Crippen LogP) is 2.99. The van der Waals surface area contributed by atoms with Crippen LogP contribution in [0.25, 0.3) is 22.2 Å². The van der Waals surface area contributed by atoms with Crippen molar-refractivity contribution in [2.24, 2.45) is 0 Å². The second-order valence-corrected chi connectivity index (χ2v) is 4.92. The lowest BCUT2D eigenvalue weighted by molar-refractivity contribution is 0.243. The first kappa shape index (κ1) is 12.5. The number of hydrogen-bond donors (Lipinski definition) is 2. The number of pyridine rings is 1. The zero-order valence-corrected chi connectivity index (χ0v) is 11.4. The number of aromatic nitrogens is 3. The molecule has 0 radical (unpaired) electrons. The van der Waals surface area contributed by atoms with Gasteiger partial charge in [0.25, 0.3) is 0 Å². The van der Waals surface area contributed by atoms with Crippen molar-refractivity contribution in [2.75, 3.05) is 5.73 Å². The van der Waals surface area contributed by atoms with Gasteiger partial charge in [0.2, 0.25) is 0 Å². The van der Waals surface area contributed by atoms with Crippen LogP contribution in [0, 0.1) is 0 Å². The fourth-order valence-electron chi connectivity index (χ4n) is 2.15. The topological polar surface area (TPSA) is 76.8 Å². The molecule has 3 rings (SSSR count). The van der Waals surface area contributed by atoms with Gasteiger partial charge >= 0.3 is 0 Å². The quantitative estimate of drug-likeness (QED) is 0.765. The van der Waals surface area contributed by atoms with E-state index < -0.39 is 0 Å². The van der Waals surface area contributed by atoms with Crippen LogP contribution in [0.2, 0.25) is 0 Å². The fraction of sp³-hybridized carbons (Fsp3) is 0.200. The molecule has 2 aromatic heterocycles. The highest BCUT2D eigenvalue weighted by molar-refractivity contribution is 5.94. The van der Waals surface area contributed by atoms with Gasteiger partial charge in [-0.05, 0) is 44.2 Å². The largest absolute Gasteiger partial charge is 0.491 e. The predicted molar refractivity (Wildman–Crippen MR) is 79.5 cm³/mol. The minimum atomic E-state index is 0.138. The fourth-order valence-corrected chi connectivity index (χ4v) is 2.15. The molecule has 0 bridgehead atoms. The summed E-state index contributed by atoms with van der Waals surface area (Å²) < 4.78 is 5.73. The first-order valence-electron chi connectivity index (χ1n) is 6.50. The zero-order valence-electron chi connectivity index (χ0n) is 11.4. The molecule has 0 amide bonds. The number of rotatable bonds is 3. The van der Waals surface area contributed by atoms with Gasteiger partial charge in [-0.25, -0.2) is 4.98 Å². The van der Waals surface area contributed by atoms with E-state index in [1.807, 2.05) is 44.2 Å². The number of hydrogen-bond acceptors (Lipinski definition) is 4. The minimum Gasteiger partial charge on any atom is -0.491 e. The van der Waals surface area contributed by atoms with E-state index in [9.17, 15) is 0 Å². The average Bonchev–Trinajstić information content (AvgIpc) is 2.81.